The zero-order valence-electron chi connectivity index (χ0n) is 7.53. The summed E-state index contributed by atoms with van der Waals surface area (Å²) in [5.41, 5.74) is 3.02. The molecule has 0 aromatic rings. The average Bonchev–Trinajstić information content (AvgIpc) is 2.47. The summed E-state index contributed by atoms with van der Waals surface area (Å²) in [4.78, 5) is 2.30. The molecular formula is C9H14N4. The zero-order valence-corrected chi connectivity index (χ0v) is 7.53. The van der Waals surface area contributed by atoms with Gasteiger partial charge in [0.2, 0.25) is 0 Å². The van der Waals surface area contributed by atoms with Crippen molar-refractivity contribution in [2.45, 2.75) is 0 Å². The predicted molar refractivity (Wildman–Crippen MR) is 53.3 cm³/mol. The maximum Gasteiger partial charge on any atom is 0.122 e. The van der Waals surface area contributed by atoms with Crippen LogP contribution in [0.15, 0.2) is 29.2 Å². The third kappa shape index (κ3) is 2.09. The van der Waals surface area contributed by atoms with E-state index in [1.807, 2.05) is 12.2 Å². The lowest BCUT2D eigenvalue weighted by molar-refractivity contribution is 0.282. The molecule has 0 saturated carbocycles. The van der Waals surface area contributed by atoms with Gasteiger partial charge in [-0.05, 0) is 12.2 Å². The van der Waals surface area contributed by atoms with E-state index in [9.17, 15) is 0 Å². The van der Waals surface area contributed by atoms with Crippen LogP contribution in [0.3, 0.4) is 0 Å². The normalized spacial score (nSPS) is 22.2. The molecule has 2 aliphatic rings. The van der Waals surface area contributed by atoms with E-state index in [0.29, 0.717) is 0 Å². The van der Waals surface area contributed by atoms with Gasteiger partial charge in [0, 0.05) is 32.4 Å². The molecule has 0 aliphatic carbocycles. The second kappa shape index (κ2) is 4.09. The molecule has 0 aromatic carbocycles. The van der Waals surface area contributed by atoms with E-state index in [2.05, 4.69) is 26.8 Å². The van der Waals surface area contributed by atoms with Crippen LogP contribution in [-0.4, -0.2) is 37.3 Å². The minimum absolute atomic E-state index is 1.04. The van der Waals surface area contributed by atoms with Crippen molar-refractivity contribution in [1.82, 2.24) is 15.6 Å². The third-order valence-corrected chi connectivity index (χ3v) is 2.16. The average molecular weight is 178 g/mol. The van der Waals surface area contributed by atoms with E-state index in [0.717, 1.165) is 32.0 Å². The first-order chi connectivity index (χ1) is 6.47. The first-order valence-electron chi connectivity index (χ1n) is 4.58. The topological polar surface area (TPSA) is 39.7 Å². The van der Waals surface area contributed by atoms with Crippen molar-refractivity contribution in [1.29, 1.82) is 0 Å². The molecule has 1 saturated heterocycles. The Hall–Kier alpha value is -1.29. The smallest absolute Gasteiger partial charge is 0.122 e. The molecule has 0 bridgehead atoms. The standard InChI is InChI=1S/C9H14N4/c1-2-4-11-12-9(3-1)13-7-5-10-6-8-13/h1-4,10,12H,5-8H2. The highest BCUT2D eigenvalue weighted by atomic mass is 15.4. The fraction of sp³-hybridized carbons (Fsp3) is 0.444. The Labute approximate surface area is 78.0 Å². The molecule has 13 heavy (non-hydrogen) atoms. The SMILES string of the molecule is C1=CC=C(N2CCNCC2)NN=C1. The summed E-state index contributed by atoms with van der Waals surface area (Å²) < 4.78 is 0. The van der Waals surface area contributed by atoms with Crippen LogP contribution in [-0.2, 0) is 0 Å². The lowest BCUT2D eigenvalue weighted by Crippen LogP contribution is -2.44. The number of allylic oxidation sites excluding steroid dienone is 3. The second-order valence-corrected chi connectivity index (χ2v) is 3.06. The number of hydrogen-bond acceptors (Lipinski definition) is 4. The van der Waals surface area contributed by atoms with Crippen molar-refractivity contribution in [3.05, 3.63) is 24.0 Å². The Morgan fingerprint density at radius 2 is 2.08 bits per heavy atom. The molecular weight excluding hydrogens is 164 g/mol. The van der Waals surface area contributed by atoms with E-state index in [1.165, 1.54) is 0 Å². The molecule has 0 atom stereocenters. The molecule has 1 fully saturated rings. The van der Waals surface area contributed by atoms with E-state index in [1.54, 1.807) is 6.21 Å². The fourth-order valence-corrected chi connectivity index (χ4v) is 1.46. The Morgan fingerprint density at radius 3 is 2.92 bits per heavy atom. The number of hydrazone groups is 1. The van der Waals surface area contributed by atoms with Crippen LogP contribution < -0.4 is 10.7 Å². The van der Waals surface area contributed by atoms with E-state index < -0.39 is 0 Å². The maximum atomic E-state index is 4.04. The molecule has 2 heterocycles. The van der Waals surface area contributed by atoms with Crippen molar-refractivity contribution in [3.63, 3.8) is 0 Å². The Morgan fingerprint density at radius 1 is 1.23 bits per heavy atom. The summed E-state index contributed by atoms with van der Waals surface area (Å²) in [6.45, 7) is 4.18. The highest BCUT2D eigenvalue weighted by Gasteiger charge is 2.11. The molecule has 4 nitrogen and oxygen atoms in total. The van der Waals surface area contributed by atoms with E-state index >= 15 is 0 Å². The molecule has 2 rings (SSSR count). The van der Waals surface area contributed by atoms with Crippen LogP contribution >= 0.6 is 0 Å². The summed E-state index contributed by atoms with van der Waals surface area (Å²) in [6, 6.07) is 0. The monoisotopic (exact) mass is 178 g/mol. The molecule has 0 amide bonds. The van der Waals surface area contributed by atoms with Crippen molar-refractivity contribution < 1.29 is 0 Å². The van der Waals surface area contributed by atoms with Crippen LogP contribution in [0.25, 0.3) is 0 Å². The zero-order chi connectivity index (χ0) is 8.93. The van der Waals surface area contributed by atoms with Gasteiger partial charge in [0.25, 0.3) is 0 Å². The van der Waals surface area contributed by atoms with Gasteiger partial charge < -0.3 is 10.2 Å². The molecule has 2 N–H and O–H groups in total. The van der Waals surface area contributed by atoms with Gasteiger partial charge in [-0.15, -0.1) is 0 Å². The number of nitrogens with zero attached hydrogens (tertiary/aromatic N) is 2. The molecule has 0 radical (unpaired) electrons. The quantitative estimate of drug-likeness (QED) is 0.588. The molecule has 0 spiro atoms. The first kappa shape index (κ1) is 8.31. The van der Waals surface area contributed by atoms with E-state index in [-0.39, 0.29) is 0 Å². The van der Waals surface area contributed by atoms with Crippen molar-refractivity contribution >= 4 is 6.21 Å². The molecule has 0 aromatic heterocycles. The first-order valence-corrected chi connectivity index (χ1v) is 4.58. The van der Waals surface area contributed by atoms with Gasteiger partial charge in [-0.25, -0.2) is 0 Å². The minimum Gasteiger partial charge on any atom is -0.354 e. The molecule has 70 valence electrons. The van der Waals surface area contributed by atoms with Gasteiger partial charge in [0.1, 0.15) is 5.82 Å². The van der Waals surface area contributed by atoms with Crippen LogP contribution in [0.2, 0.25) is 0 Å². The van der Waals surface area contributed by atoms with Gasteiger partial charge in [0.15, 0.2) is 0 Å². The Balaban J connectivity index is 2.01. The van der Waals surface area contributed by atoms with Gasteiger partial charge in [-0.1, -0.05) is 6.08 Å². The largest absolute Gasteiger partial charge is 0.354 e. The minimum atomic E-state index is 1.04. The summed E-state index contributed by atoms with van der Waals surface area (Å²) in [5, 5.41) is 7.35. The number of rotatable bonds is 1. The molecule has 4 heteroatoms. The van der Waals surface area contributed by atoms with Gasteiger partial charge in [-0.2, -0.15) is 5.10 Å². The van der Waals surface area contributed by atoms with Crippen LogP contribution in [0.1, 0.15) is 0 Å². The summed E-state index contributed by atoms with van der Waals surface area (Å²) >= 11 is 0. The number of nitrogens with one attached hydrogen (secondary N) is 2. The lowest BCUT2D eigenvalue weighted by Gasteiger charge is -2.30. The highest BCUT2D eigenvalue weighted by Crippen LogP contribution is 2.03. The van der Waals surface area contributed by atoms with Gasteiger partial charge in [0.05, 0.1) is 0 Å². The number of piperazine rings is 1. The van der Waals surface area contributed by atoms with Gasteiger partial charge >= 0.3 is 0 Å². The Bertz CT molecular complexity index is 248. The van der Waals surface area contributed by atoms with E-state index in [4.69, 9.17) is 0 Å². The number of hydrogen-bond donors (Lipinski definition) is 2. The van der Waals surface area contributed by atoms with Crippen LogP contribution in [0, 0.1) is 0 Å². The van der Waals surface area contributed by atoms with Crippen molar-refractivity contribution in [2.75, 3.05) is 26.2 Å². The molecule has 2 aliphatic heterocycles. The summed E-state index contributed by atoms with van der Waals surface area (Å²) in [5.74, 6) is 1.09. The third-order valence-electron chi connectivity index (χ3n) is 2.16. The van der Waals surface area contributed by atoms with Crippen LogP contribution in [0.4, 0.5) is 0 Å². The predicted octanol–water partition coefficient (Wildman–Crippen LogP) is -0.122. The maximum absolute atomic E-state index is 4.04. The lowest BCUT2D eigenvalue weighted by atomic mass is 10.3. The molecule has 0 unspecified atom stereocenters. The second-order valence-electron chi connectivity index (χ2n) is 3.06. The highest BCUT2D eigenvalue weighted by molar-refractivity contribution is 5.71. The van der Waals surface area contributed by atoms with Crippen molar-refractivity contribution in [3.8, 4) is 0 Å². The van der Waals surface area contributed by atoms with Crippen LogP contribution in [0.5, 0.6) is 0 Å². The Kier molecular flexibility index (Phi) is 2.62. The van der Waals surface area contributed by atoms with Gasteiger partial charge in [-0.3, -0.25) is 5.43 Å². The fourth-order valence-electron chi connectivity index (χ4n) is 1.46. The van der Waals surface area contributed by atoms with Crippen molar-refractivity contribution in [2.24, 2.45) is 5.10 Å². The summed E-state index contributed by atoms with van der Waals surface area (Å²) in [6.07, 6.45) is 7.73. The summed E-state index contributed by atoms with van der Waals surface area (Å²) in [7, 11) is 0.